The maximum atomic E-state index is 12.7. The molecule has 0 amide bonds. The molecule has 0 spiro atoms. The predicted molar refractivity (Wildman–Crippen MR) is 124 cm³/mol. The van der Waals surface area contributed by atoms with E-state index < -0.39 is 6.61 Å². The number of aryl methyl sites for hydroxylation is 1. The molecular weight excluding hydrogens is 545 g/mol. The highest BCUT2D eigenvalue weighted by atomic mass is 127. The van der Waals surface area contributed by atoms with Crippen LogP contribution in [-0.4, -0.2) is 46.6 Å². The molecule has 1 aliphatic rings. The minimum Gasteiger partial charge on any atom is -0.434 e. The fourth-order valence-corrected chi connectivity index (χ4v) is 3.20. The van der Waals surface area contributed by atoms with Gasteiger partial charge in [-0.05, 0) is 38.0 Å². The zero-order valence-corrected chi connectivity index (χ0v) is 20.4. The zero-order chi connectivity index (χ0) is 21.5. The summed E-state index contributed by atoms with van der Waals surface area (Å²) in [5, 5.41) is 15.0. The molecular formula is C19H26ClF2IN6O2. The molecule has 8 nitrogen and oxygen atoms in total. The van der Waals surface area contributed by atoms with Crippen LogP contribution < -0.4 is 15.4 Å². The molecule has 0 radical (unpaired) electrons. The molecule has 172 valence electrons. The highest BCUT2D eigenvalue weighted by Crippen LogP contribution is 2.25. The number of ether oxygens (including phenoxy) is 2. The topological polar surface area (TPSA) is 85.6 Å². The van der Waals surface area contributed by atoms with Gasteiger partial charge in [0.15, 0.2) is 11.8 Å². The minimum atomic E-state index is -2.93. The predicted octanol–water partition coefficient (Wildman–Crippen LogP) is 3.41. The second kappa shape index (κ2) is 12.3. The van der Waals surface area contributed by atoms with E-state index in [4.69, 9.17) is 16.3 Å². The van der Waals surface area contributed by atoms with E-state index in [1.54, 1.807) is 6.07 Å². The summed E-state index contributed by atoms with van der Waals surface area (Å²) in [6, 6.07) is 4.47. The quantitative estimate of drug-likeness (QED) is 0.288. The van der Waals surface area contributed by atoms with Crippen molar-refractivity contribution in [3.63, 3.8) is 0 Å². The van der Waals surface area contributed by atoms with Crippen LogP contribution in [0.2, 0.25) is 5.02 Å². The Morgan fingerprint density at radius 3 is 2.84 bits per heavy atom. The van der Waals surface area contributed by atoms with Gasteiger partial charge in [0.1, 0.15) is 11.6 Å². The Bertz CT molecular complexity index is 877. The number of aromatic nitrogens is 3. The lowest BCUT2D eigenvalue weighted by Crippen LogP contribution is -2.41. The van der Waals surface area contributed by atoms with E-state index >= 15 is 0 Å². The van der Waals surface area contributed by atoms with Crippen molar-refractivity contribution in [3.8, 4) is 5.75 Å². The average Bonchev–Trinajstić information content (AvgIpc) is 3.34. The number of alkyl halides is 2. The summed E-state index contributed by atoms with van der Waals surface area (Å²) < 4.78 is 37.5. The standard InChI is InChI=1S/C19H25ClF2N6O2.HI/c1-12-26-27-17(28(12)2)11-25-19(24-10-15-4-3-7-29-15)23-9-13-8-14(20)5-6-16(13)30-18(21)22;/h5-6,8,15,18H,3-4,7,9-11H2,1-2H3,(H2,23,24,25);1H. The van der Waals surface area contributed by atoms with E-state index in [9.17, 15) is 8.78 Å². The number of hydrogen-bond donors (Lipinski definition) is 2. The summed E-state index contributed by atoms with van der Waals surface area (Å²) in [6.07, 6.45) is 2.11. The van der Waals surface area contributed by atoms with Crippen molar-refractivity contribution in [1.29, 1.82) is 0 Å². The van der Waals surface area contributed by atoms with Crippen LogP contribution in [0.25, 0.3) is 0 Å². The van der Waals surface area contributed by atoms with Crippen LogP contribution >= 0.6 is 35.6 Å². The van der Waals surface area contributed by atoms with Crippen molar-refractivity contribution < 1.29 is 18.3 Å². The lowest BCUT2D eigenvalue weighted by molar-refractivity contribution is -0.0504. The Balaban J connectivity index is 0.00000341. The van der Waals surface area contributed by atoms with Crippen molar-refractivity contribution in [2.24, 2.45) is 12.0 Å². The maximum absolute atomic E-state index is 12.7. The SMILES string of the molecule is Cc1nnc(CNC(=NCc2cc(Cl)ccc2OC(F)F)NCC2CCCO2)n1C.I. The number of benzene rings is 1. The van der Waals surface area contributed by atoms with Crippen LogP contribution in [-0.2, 0) is 24.9 Å². The van der Waals surface area contributed by atoms with Crippen molar-refractivity contribution in [2.45, 2.75) is 45.6 Å². The molecule has 1 unspecified atom stereocenters. The molecule has 2 N–H and O–H groups in total. The number of guanidine groups is 1. The number of aliphatic imine (C=N–C) groups is 1. The second-order valence-electron chi connectivity index (χ2n) is 6.89. The highest BCUT2D eigenvalue weighted by molar-refractivity contribution is 14.0. The Morgan fingerprint density at radius 1 is 1.39 bits per heavy atom. The lowest BCUT2D eigenvalue weighted by Gasteiger charge is -2.16. The van der Waals surface area contributed by atoms with Gasteiger partial charge in [-0.2, -0.15) is 8.78 Å². The second-order valence-corrected chi connectivity index (χ2v) is 7.32. The fourth-order valence-electron chi connectivity index (χ4n) is 3.00. The van der Waals surface area contributed by atoms with Gasteiger partial charge >= 0.3 is 6.61 Å². The first kappa shape index (κ1) is 25.5. The van der Waals surface area contributed by atoms with Crippen LogP contribution in [0.1, 0.15) is 30.1 Å². The summed E-state index contributed by atoms with van der Waals surface area (Å²) in [6.45, 7) is 0.765. The normalized spacial score (nSPS) is 16.3. The Kier molecular flexibility index (Phi) is 10.2. The first-order chi connectivity index (χ1) is 14.4. The third kappa shape index (κ3) is 7.72. The molecule has 12 heteroatoms. The molecule has 2 heterocycles. The summed E-state index contributed by atoms with van der Waals surface area (Å²) in [4.78, 5) is 4.51. The number of hydrogen-bond acceptors (Lipinski definition) is 5. The van der Waals surface area contributed by atoms with E-state index in [0.717, 1.165) is 31.1 Å². The summed E-state index contributed by atoms with van der Waals surface area (Å²) in [7, 11) is 1.88. The molecule has 1 fully saturated rings. The first-order valence-corrected chi connectivity index (χ1v) is 10.0. The van der Waals surface area contributed by atoms with Crippen molar-refractivity contribution in [2.75, 3.05) is 13.2 Å². The van der Waals surface area contributed by atoms with Crippen molar-refractivity contribution in [3.05, 3.63) is 40.4 Å². The first-order valence-electron chi connectivity index (χ1n) is 9.64. The summed E-state index contributed by atoms with van der Waals surface area (Å²) in [5.41, 5.74) is 0.454. The van der Waals surface area contributed by atoms with Crippen LogP contribution in [0, 0.1) is 6.92 Å². The maximum Gasteiger partial charge on any atom is 0.387 e. The molecule has 1 aromatic carbocycles. The van der Waals surface area contributed by atoms with E-state index in [0.29, 0.717) is 29.6 Å². The van der Waals surface area contributed by atoms with Gasteiger partial charge in [-0.3, -0.25) is 0 Å². The van der Waals surface area contributed by atoms with Crippen molar-refractivity contribution in [1.82, 2.24) is 25.4 Å². The number of nitrogens with zero attached hydrogens (tertiary/aromatic N) is 4. The molecule has 0 bridgehead atoms. The van der Waals surface area contributed by atoms with Gasteiger partial charge in [-0.15, -0.1) is 34.2 Å². The van der Waals surface area contributed by atoms with Gasteiger partial charge in [-0.25, -0.2) is 4.99 Å². The summed E-state index contributed by atoms with van der Waals surface area (Å²) in [5.74, 6) is 2.07. The molecule has 2 aromatic rings. The van der Waals surface area contributed by atoms with Gasteiger partial charge in [0.25, 0.3) is 0 Å². The number of rotatable bonds is 8. The molecule has 0 aliphatic carbocycles. The Labute approximate surface area is 201 Å². The molecule has 1 aliphatic heterocycles. The number of halogens is 4. The average molecular weight is 571 g/mol. The van der Waals surface area contributed by atoms with E-state index in [-0.39, 0.29) is 42.4 Å². The zero-order valence-electron chi connectivity index (χ0n) is 17.3. The molecule has 1 aromatic heterocycles. The van der Waals surface area contributed by atoms with E-state index in [1.165, 1.54) is 12.1 Å². The van der Waals surface area contributed by atoms with Crippen LogP contribution in [0.15, 0.2) is 23.2 Å². The molecule has 3 rings (SSSR count). The lowest BCUT2D eigenvalue weighted by atomic mass is 10.2. The van der Waals surface area contributed by atoms with Crippen LogP contribution in [0.3, 0.4) is 0 Å². The monoisotopic (exact) mass is 570 g/mol. The fraction of sp³-hybridized carbons (Fsp3) is 0.526. The third-order valence-corrected chi connectivity index (χ3v) is 5.00. The van der Waals surface area contributed by atoms with Crippen LogP contribution in [0.5, 0.6) is 5.75 Å². The van der Waals surface area contributed by atoms with Gasteiger partial charge in [0, 0.05) is 30.8 Å². The van der Waals surface area contributed by atoms with Gasteiger partial charge in [0.05, 0.1) is 19.2 Å². The van der Waals surface area contributed by atoms with Gasteiger partial charge in [-0.1, -0.05) is 11.6 Å². The molecule has 1 atom stereocenters. The molecule has 0 saturated carbocycles. The molecule has 31 heavy (non-hydrogen) atoms. The minimum absolute atomic E-state index is 0. The van der Waals surface area contributed by atoms with E-state index in [2.05, 4.69) is 30.6 Å². The van der Waals surface area contributed by atoms with Gasteiger partial charge in [0.2, 0.25) is 0 Å². The van der Waals surface area contributed by atoms with Crippen LogP contribution in [0.4, 0.5) is 8.78 Å². The molecule has 1 saturated heterocycles. The Hall–Kier alpha value is -1.73. The highest BCUT2D eigenvalue weighted by Gasteiger charge is 2.16. The largest absolute Gasteiger partial charge is 0.434 e. The van der Waals surface area contributed by atoms with Gasteiger partial charge < -0.3 is 24.7 Å². The number of nitrogens with one attached hydrogen (secondary N) is 2. The van der Waals surface area contributed by atoms with Crippen molar-refractivity contribution >= 4 is 41.5 Å². The summed E-state index contributed by atoms with van der Waals surface area (Å²) >= 11 is 6.02. The third-order valence-electron chi connectivity index (χ3n) is 4.76. The van der Waals surface area contributed by atoms with E-state index in [1.807, 2.05) is 18.5 Å². The Morgan fingerprint density at radius 2 is 2.19 bits per heavy atom. The smallest absolute Gasteiger partial charge is 0.387 e.